The molecule has 0 spiro atoms. The van der Waals surface area contributed by atoms with E-state index < -0.39 is 0 Å². The van der Waals surface area contributed by atoms with Crippen molar-refractivity contribution < 1.29 is 14.6 Å². The molecule has 2 aliphatic heterocycles. The van der Waals surface area contributed by atoms with Crippen molar-refractivity contribution in [2.45, 2.75) is 31.8 Å². The summed E-state index contributed by atoms with van der Waals surface area (Å²) in [4.78, 5) is 18.7. The van der Waals surface area contributed by atoms with Gasteiger partial charge < -0.3 is 14.7 Å². The number of methoxy groups -OCH3 is 1. The summed E-state index contributed by atoms with van der Waals surface area (Å²) in [7, 11) is 5.19. The van der Waals surface area contributed by atoms with E-state index in [1.54, 1.807) is 37.4 Å². The molecule has 0 aliphatic carbocycles. The first-order chi connectivity index (χ1) is 12.5. The topological polar surface area (TPSA) is 53.0 Å². The summed E-state index contributed by atoms with van der Waals surface area (Å²) in [6.07, 6.45) is 2.38. The fraction of sp³-hybridized carbons (Fsp3) is 0.450. The minimum atomic E-state index is 0.142. The quantitative estimate of drug-likeness (QED) is 0.900. The Balaban J connectivity index is 1.62. The Morgan fingerprint density at radius 3 is 2.88 bits per heavy atom. The number of hydrogen-bond donors (Lipinski definition) is 1. The summed E-state index contributed by atoms with van der Waals surface area (Å²) in [6.45, 7) is 1.92. The predicted octanol–water partition coefficient (Wildman–Crippen LogP) is 2.75. The zero-order valence-corrected chi connectivity index (χ0v) is 16.2. The Hall–Kier alpha value is -2.05. The van der Waals surface area contributed by atoms with Crippen molar-refractivity contribution in [3.8, 4) is 11.5 Å². The lowest BCUT2D eigenvalue weighted by Crippen LogP contribution is -2.38. The number of thiophene rings is 1. The Bertz CT molecular complexity index is 859. The number of amides is 1. The highest BCUT2D eigenvalue weighted by Crippen LogP contribution is 2.43. The number of aromatic hydroxyl groups is 1. The number of carbonyl (C=O) groups is 1. The van der Waals surface area contributed by atoms with Gasteiger partial charge >= 0.3 is 0 Å². The van der Waals surface area contributed by atoms with Crippen LogP contribution in [0, 0.1) is 0 Å². The molecule has 2 aliphatic rings. The smallest absolute Gasteiger partial charge is 0.227 e. The number of ether oxygens (including phenoxy) is 1. The standard InChI is InChI=1S/C20H24N2O3S/c1-21(2)20(24)8-14-6-13-11-22-5-4-12-7-18(25-3)17(23)9-15(12)16(22)10-19(13)26-14/h6-7,9,16,23H,4-5,8,10-11H2,1-3H3. The predicted molar refractivity (Wildman–Crippen MR) is 102 cm³/mol. The van der Waals surface area contributed by atoms with Crippen LogP contribution in [0.2, 0.25) is 0 Å². The molecule has 138 valence electrons. The lowest BCUT2D eigenvalue weighted by Gasteiger charge is -2.40. The van der Waals surface area contributed by atoms with Gasteiger partial charge in [0, 0.05) is 49.4 Å². The summed E-state index contributed by atoms with van der Waals surface area (Å²) < 4.78 is 5.27. The lowest BCUT2D eigenvalue weighted by molar-refractivity contribution is -0.127. The van der Waals surface area contributed by atoms with Crippen molar-refractivity contribution in [3.63, 3.8) is 0 Å². The van der Waals surface area contributed by atoms with Gasteiger partial charge in [0.2, 0.25) is 5.91 Å². The molecule has 1 aromatic carbocycles. The number of fused-ring (bicyclic) bond motifs is 4. The maximum Gasteiger partial charge on any atom is 0.227 e. The number of rotatable bonds is 3. The van der Waals surface area contributed by atoms with Crippen LogP contribution in [0.3, 0.4) is 0 Å². The molecular weight excluding hydrogens is 348 g/mol. The molecular formula is C20H24N2O3S. The van der Waals surface area contributed by atoms with Crippen LogP contribution >= 0.6 is 11.3 Å². The van der Waals surface area contributed by atoms with Crippen LogP contribution in [-0.2, 0) is 30.6 Å². The third kappa shape index (κ3) is 2.97. The summed E-state index contributed by atoms with van der Waals surface area (Å²) in [5, 5.41) is 10.2. The normalized spacial score (nSPS) is 18.7. The first kappa shape index (κ1) is 17.4. The van der Waals surface area contributed by atoms with E-state index in [0.29, 0.717) is 18.2 Å². The Labute approximate surface area is 157 Å². The molecule has 1 aromatic heterocycles. The van der Waals surface area contributed by atoms with E-state index >= 15 is 0 Å². The van der Waals surface area contributed by atoms with Crippen molar-refractivity contribution >= 4 is 17.2 Å². The number of likely N-dealkylation sites (N-methyl/N-ethyl adjacent to an activating group) is 1. The lowest BCUT2D eigenvalue weighted by atomic mass is 9.86. The molecule has 1 N–H and O–H groups in total. The van der Waals surface area contributed by atoms with Gasteiger partial charge in [-0.15, -0.1) is 11.3 Å². The van der Waals surface area contributed by atoms with Crippen LogP contribution in [0.15, 0.2) is 18.2 Å². The number of phenolic OH excluding ortho intramolecular Hbond substituents is 1. The molecule has 1 atom stereocenters. The molecule has 0 fully saturated rings. The number of hydrogen-bond acceptors (Lipinski definition) is 5. The van der Waals surface area contributed by atoms with E-state index in [1.807, 2.05) is 12.1 Å². The zero-order valence-electron chi connectivity index (χ0n) is 15.4. The van der Waals surface area contributed by atoms with Crippen LogP contribution in [0.1, 0.15) is 32.5 Å². The third-order valence-electron chi connectivity index (χ3n) is 5.43. The van der Waals surface area contributed by atoms with Crippen LogP contribution in [0.5, 0.6) is 11.5 Å². The van der Waals surface area contributed by atoms with Crippen LogP contribution in [-0.4, -0.2) is 48.6 Å². The van der Waals surface area contributed by atoms with Crippen LogP contribution < -0.4 is 4.74 Å². The zero-order chi connectivity index (χ0) is 18.4. The highest BCUT2D eigenvalue weighted by Gasteiger charge is 2.34. The van der Waals surface area contributed by atoms with Gasteiger partial charge in [0.1, 0.15) is 0 Å². The van der Waals surface area contributed by atoms with Crippen LogP contribution in [0.25, 0.3) is 0 Å². The van der Waals surface area contributed by atoms with Crippen molar-refractivity contribution in [1.29, 1.82) is 0 Å². The first-order valence-electron chi connectivity index (χ1n) is 8.90. The van der Waals surface area contributed by atoms with Gasteiger partial charge in [0.05, 0.1) is 13.5 Å². The number of carbonyl (C=O) groups excluding carboxylic acids is 1. The molecule has 0 saturated heterocycles. The minimum absolute atomic E-state index is 0.142. The Kier molecular flexibility index (Phi) is 4.40. The SMILES string of the molecule is COc1cc2c(cc1O)C1Cc3sc(CC(=O)N(C)C)cc3CN1CC2. The van der Waals surface area contributed by atoms with E-state index in [2.05, 4.69) is 11.0 Å². The minimum Gasteiger partial charge on any atom is -0.504 e. The molecule has 0 bridgehead atoms. The monoisotopic (exact) mass is 372 g/mol. The fourth-order valence-electron chi connectivity index (χ4n) is 3.99. The van der Waals surface area contributed by atoms with Gasteiger partial charge in [0.15, 0.2) is 11.5 Å². The second-order valence-corrected chi connectivity index (χ2v) is 8.51. The van der Waals surface area contributed by atoms with Gasteiger partial charge in [0.25, 0.3) is 0 Å². The molecule has 5 nitrogen and oxygen atoms in total. The van der Waals surface area contributed by atoms with Gasteiger partial charge in [-0.2, -0.15) is 0 Å². The second-order valence-electron chi connectivity index (χ2n) is 7.29. The summed E-state index contributed by atoms with van der Waals surface area (Å²) >= 11 is 1.76. The average molecular weight is 372 g/mol. The highest BCUT2D eigenvalue weighted by molar-refractivity contribution is 7.12. The summed E-state index contributed by atoms with van der Waals surface area (Å²) in [6, 6.07) is 6.35. The largest absolute Gasteiger partial charge is 0.504 e. The van der Waals surface area contributed by atoms with E-state index in [9.17, 15) is 9.90 Å². The molecule has 2 aromatic rings. The van der Waals surface area contributed by atoms with E-state index in [4.69, 9.17) is 4.74 Å². The summed E-state index contributed by atoms with van der Waals surface area (Å²) in [5.41, 5.74) is 3.83. The average Bonchev–Trinajstić information content (AvgIpc) is 3.00. The number of nitrogens with zero attached hydrogens (tertiary/aromatic N) is 2. The van der Waals surface area contributed by atoms with E-state index in [0.717, 1.165) is 30.8 Å². The fourth-order valence-corrected chi connectivity index (χ4v) is 5.19. The van der Waals surface area contributed by atoms with Crippen molar-refractivity contribution in [2.24, 2.45) is 0 Å². The van der Waals surface area contributed by atoms with Gasteiger partial charge in [-0.1, -0.05) is 0 Å². The Morgan fingerprint density at radius 2 is 2.15 bits per heavy atom. The molecule has 1 unspecified atom stereocenters. The summed E-state index contributed by atoms with van der Waals surface area (Å²) in [5.74, 6) is 0.903. The van der Waals surface area contributed by atoms with E-state index in [-0.39, 0.29) is 11.7 Å². The molecule has 0 saturated carbocycles. The van der Waals surface area contributed by atoms with Crippen LogP contribution in [0.4, 0.5) is 0 Å². The number of phenols is 1. The van der Waals surface area contributed by atoms with Gasteiger partial charge in [-0.05, 0) is 41.3 Å². The molecule has 0 radical (unpaired) electrons. The maximum absolute atomic E-state index is 12.0. The van der Waals surface area contributed by atoms with Crippen molar-refractivity contribution in [3.05, 3.63) is 44.6 Å². The molecule has 6 heteroatoms. The van der Waals surface area contributed by atoms with Crippen molar-refractivity contribution in [2.75, 3.05) is 27.7 Å². The second kappa shape index (κ2) is 6.59. The van der Waals surface area contributed by atoms with Gasteiger partial charge in [-0.25, -0.2) is 0 Å². The third-order valence-corrected chi connectivity index (χ3v) is 6.63. The highest BCUT2D eigenvalue weighted by atomic mass is 32.1. The molecule has 1 amide bonds. The molecule has 26 heavy (non-hydrogen) atoms. The van der Waals surface area contributed by atoms with Gasteiger partial charge in [-0.3, -0.25) is 9.69 Å². The van der Waals surface area contributed by atoms with Crippen molar-refractivity contribution in [1.82, 2.24) is 9.80 Å². The first-order valence-corrected chi connectivity index (χ1v) is 9.72. The van der Waals surface area contributed by atoms with E-state index in [1.165, 1.54) is 21.6 Å². The molecule has 4 rings (SSSR count). The molecule has 3 heterocycles. The number of benzene rings is 1. The maximum atomic E-state index is 12.0. The Morgan fingerprint density at radius 1 is 1.35 bits per heavy atom.